The van der Waals surface area contributed by atoms with E-state index >= 15 is 0 Å². The Morgan fingerprint density at radius 3 is 2.35 bits per heavy atom. The topological polar surface area (TPSA) is 105 Å². The van der Waals surface area contributed by atoms with Crippen molar-refractivity contribution in [1.82, 2.24) is 10.2 Å². The van der Waals surface area contributed by atoms with E-state index in [4.69, 9.17) is 15.9 Å². The third-order valence-electron chi connectivity index (χ3n) is 5.16. The monoisotopic (exact) mass is 468 g/mol. The van der Waals surface area contributed by atoms with Crippen LogP contribution in [0.3, 0.4) is 0 Å². The minimum absolute atomic E-state index is 0.0452. The van der Waals surface area contributed by atoms with Gasteiger partial charge in [0.1, 0.15) is 30.0 Å². The Morgan fingerprint density at radius 2 is 1.79 bits per heavy atom. The number of carbonyl (C=O) groups excluding carboxylic acids is 2. The predicted octanol–water partition coefficient (Wildman–Crippen LogP) is 3.61. The zero-order valence-electron chi connectivity index (χ0n) is 20.3. The molecule has 0 aliphatic heterocycles. The van der Waals surface area contributed by atoms with Crippen molar-refractivity contribution in [2.75, 3.05) is 13.7 Å². The van der Waals surface area contributed by atoms with E-state index in [1.807, 2.05) is 24.3 Å². The number of ether oxygens (including phenoxy) is 2. The summed E-state index contributed by atoms with van der Waals surface area (Å²) in [5, 5.41) is 14.0. The Balaban J connectivity index is 2.25. The molecule has 8 nitrogen and oxygen atoms in total. The highest BCUT2D eigenvalue weighted by atomic mass is 16.6. The van der Waals surface area contributed by atoms with Crippen molar-refractivity contribution in [1.29, 1.82) is 0 Å². The van der Waals surface area contributed by atoms with Gasteiger partial charge in [0.2, 0.25) is 5.91 Å². The number of terminal acetylenes is 1. The number of aliphatic carboxylic acids is 1. The fourth-order valence-corrected chi connectivity index (χ4v) is 3.54. The van der Waals surface area contributed by atoms with Crippen LogP contribution in [0.15, 0.2) is 36.4 Å². The number of rotatable bonds is 9. The van der Waals surface area contributed by atoms with E-state index in [0.29, 0.717) is 5.75 Å². The minimum atomic E-state index is -1.20. The van der Waals surface area contributed by atoms with Crippen molar-refractivity contribution in [3.63, 3.8) is 0 Å². The molecule has 8 heteroatoms. The van der Waals surface area contributed by atoms with E-state index in [0.717, 1.165) is 16.3 Å². The smallest absolute Gasteiger partial charge is 0.410 e. The van der Waals surface area contributed by atoms with Crippen LogP contribution in [-0.4, -0.2) is 59.3 Å². The number of benzene rings is 2. The summed E-state index contributed by atoms with van der Waals surface area (Å²) in [4.78, 5) is 38.6. The molecule has 0 heterocycles. The van der Waals surface area contributed by atoms with Crippen molar-refractivity contribution in [3.05, 3.63) is 42.0 Å². The molecule has 0 aromatic heterocycles. The van der Waals surface area contributed by atoms with Crippen molar-refractivity contribution in [2.45, 2.75) is 58.2 Å². The minimum Gasteiger partial charge on any atom is -0.480 e. The molecule has 2 rings (SSSR count). The number of carboxylic acid groups (broad SMARTS) is 1. The van der Waals surface area contributed by atoms with E-state index < -0.39 is 35.7 Å². The number of hydrogen-bond acceptors (Lipinski definition) is 5. The molecular weight excluding hydrogens is 436 g/mol. The molecule has 34 heavy (non-hydrogen) atoms. The second kappa shape index (κ2) is 11.4. The van der Waals surface area contributed by atoms with Gasteiger partial charge in [0, 0.05) is 18.9 Å². The summed E-state index contributed by atoms with van der Waals surface area (Å²) in [6.07, 6.45) is 4.97. The molecule has 0 aliphatic rings. The lowest BCUT2D eigenvalue weighted by molar-refractivity contribution is -0.142. The first-order valence-electron chi connectivity index (χ1n) is 11.0. The Labute approximate surface area is 200 Å². The van der Waals surface area contributed by atoms with Crippen molar-refractivity contribution >= 4 is 28.7 Å². The highest BCUT2D eigenvalue weighted by Crippen LogP contribution is 2.29. The number of likely N-dealkylation sites (N-methyl/N-ethyl adjacent to an activating group) is 1. The molecule has 2 atom stereocenters. The van der Waals surface area contributed by atoms with Gasteiger partial charge in [0.25, 0.3) is 0 Å². The summed E-state index contributed by atoms with van der Waals surface area (Å²) in [5.74, 6) is 1.27. The lowest BCUT2D eigenvalue weighted by atomic mass is 9.97. The van der Waals surface area contributed by atoms with E-state index in [1.165, 1.54) is 11.9 Å². The molecule has 0 aliphatic carbocycles. The van der Waals surface area contributed by atoms with Crippen molar-refractivity contribution < 1.29 is 29.0 Å². The van der Waals surface area contributed by atoms with Crippen LogP contribution in [0.5, 0.6) is 5.75 Å². The highest BCUT2D eigenvalue weighted by Gasteiger charge is 2.31. The highest BCUT2D eigenvalue weighted by molar-refractivity contribution is 5.93. The zero-order chi connectivity index (χ0) is 25.5. The first-order chi connectivity index (χ1) is 16.0. The maximum Gasteiger partial charge on any atom is 0.410 e. The number of carbonyl (C=O) groups is 3. The van der Waals surface area contributed by atoms with Gasteiger partial charge < -0.3 is 19.9 Å². The Morgan fingerprint density at radius 1 is 1.15 bits per heavy atom. The first kappa shape index (κ1) is 26.5. The van der Waals surface area contributed by atoms with Gasteiger partial charge in [-0.15, -0.1) is 6.42 Å². The number of hydrogen-bond donors (Lipinski definition) is 2. The average molecular weight is 469 g/mol. The lowest BCUT2D eigenvalue weighted by Crippen LogP contribution is -2.53. The molecule has 0 bridgehead atoms. The van der Waals surface area contributed by atoms with Crippen LogP contribution in [0.2, 0.25) is 0 Å². The molecular formula is C26H32N2O6. The van der Waals surface area contributed by atoms with E-state index in [1.54, 1.807) is 39.8 Å². The molecule has 0 fully saturated rings. The summed E-state index contributed by atoms with van der Waals surface area (Å²) in [7, 11) is 1.46. The van der Waals surface area contributed by atoms with Crippen LogP contribution in [0.25, 0.3) is 10.8 Å². The Kier molecular flexibility index (Phi) is 8.90. The Hall–Kier alpha value is -3.73. The predicted molar refractivity (Wildman–Crippen MR) is 130 cm³/mol. The second-order valence-corrected chi connectivity index (χ2v) is 8.88. The third-order valence-corrected chi connectivity index (χ3v) is 5.16. The summed E-state index contributed by atoms with van der Waals surface area (Å²) in [6, 6.07) is 8.84. The van der Waals surface area contributed by atoms with E-state index in [9.17, 15) is 19.5 Å². The largest absolute Gasteiger partial charge is 0.480 e. The standard InChI is InChI=1S/C26H32N2O6/c1-7-15-33-22-14-13-17(18-11-9-10-12-19(18)22)16-20(24(30)31)27-23(29)21(8-2)28(6)25(32)34-26(3,4)5/h1,9-14,20-21H,8,15-16H2,2-6H3,(H,27,29)(H,30,31)/t20-,21-/m0/s1. The van der Waals surface area contributed by atoms with Gasteiger partial charge in [-0.2, -0.15) is 0 Å². The molecule has 2 amide bonds. The maximum atomic E-state index is 13.0. The van der Waals surface area contributed by atoms with E-state index in [-0.39, 0.29) is 19.4 Å². The van der Waals surface area contributed by atoms with Crippen LogP contribution in [-0.2, 0) is 20.7 Å². The fraction of sp³-hybridized carbons (Fsp3) is 0.423. The average Bonchev–Trinajstić information content (AvgIpc) is 2.77. The van der Waals surface area contributed by atoms with Gasteiger partial charge in [0.15, 0.2) is 0 Å². The van der Waals surface area contributed by atoms with Gasteiger partial charge in [-0.3, -0.25) is 9.69 Å². The molecule has 0 saturated heterocycles. The van der Waals surface area contributed by atoms with Crippen LogP contribution in [0.1, 0.15) is 39.7 Å². The number of amides is 2. The molecule has 0 spiro atoms. The van der Waals surface area contributed by atoms with Gasteiger partial charge >= 0.3 is 12.1 Å². The Bertz CT molecular complexity index is 1080. The van der Waals surface area contributed by atoms with Crippen LogP contribution in [0, 0.1) is 12.3 Å². The first-order valence-corrected chi connectivity index (χ1v) is 11.0. The molecule has 2 aromatic rings. The second-order valence-electron chi connectivity index (χ2n) is 8.88. The summed E-state index contributed by atoms with van der Waals surface area (Å²) in [5.41, 5.74) is 0.00539. The molecule has 2 aromatic carbocycles. The number of nitrogens with zero attached hydrogens (tertiary/aromatic N) is 1. The summed E-state index contributed by atoms with van der Waals surface area (Å²) < 4.78 is 10.9. The third kappa shape index (κ3) is 6.88. The van der Waals surface area contributed by atoms with Gasteiger partial charge in [-0.05, 0) is 44.2 Å². The zero-order valence-corrected chi connectivity index (χ0v) is 20.3. The van der Waals surface area contributed by atoms with E-state index in [2.05, 4.69) is 11.2 Å². The van der Waals surface area contributed by atoms with Crippen LogP contribution < -0.4 is 10.1 Å². The number of fused-ring (bicyclic) bond motifs is 1. The molecule has 0 radical (unpaired) electrons. The normalized spacial score (nSPS) is 12.8. The SMILES string of the molecule is C#CCOc1ccc(C[C@H](NC(=O)[C@H](CC)N(C)C(=O)OC(C)(C)C)C(=O)O)c2ccccc12. The fourth-order valence-electron chi connectivity index (χ4n) is 3.54. The van der Waals surface area contributed by atoms with Gasteiger partial charge in [0.05, 0.1) is 0 Å². The van der Waals surface area contributed by atoms with Crippen molar-refractivity contribution in [2.24, 2.45) is 0 Å². The quantitative estimate of drug-likeness (QED) is 0.545. The maximum absolute atomic E-state index is 13.0. The van der Waals surface area contributed by atoms with Gasteiger partial charge in [-0.1, -0.05) is 43.2 Å². The summed E-state index contributed by atoms with van der Waals surface area (Å²) >= 11 is 0. The number of carboxylic acids is 1. The lowest BCUT2D eigenvalue weighted by Gasteiger charge is -2.30. The molecule has 182 valence electrons. The molecule has 0 saturated carbocycles. The van der Waals surface area contributed by atoms with Crippen molar-refractivity contribution in [3.8, 4) is 18.1 Å². The number of nitrogens with one attached hydrogen (secondary N) is 1. The van der Waals surface area contributed by atoms with Gasteiger partial charge in [-0.25, -0.2) is 9.59 Å². The molecule has 2 N–H and O–H groups in total. The van der Waals surface area contributed by atoms with Crippen LogP contribution >= 0.6 is 0 Å². The summed E-state index contributed by atoms with van der Waals surface area (Å²) in [6.45, 7) is 7.04. The molecule has 0 unspecified atom stereocenters. The van der Waals surface area contributed by atoms with Crippen LogP contribution in [0.4, 0.5) is 4.79 Å².